The number of ether oxygens (including phenoxy) is 2. The SMILES string of the molecule is COc1ccc(-c2cc(CC(=O)Nc3ccccc3-c3ccccc3)no2)cc1OC. The van der Waals surface area contributed by atoms with E-state index in [1.165, 1.54) is 0 Å². The van der Waals surface area contributed by atoms with Gasteiger partial charge >= 0.3 is 0 Å². The number of carbonyl (C=O) groups excluding carboxylic acids is 1. The van der Waals surface area contributed by atoms with E-state index < -0.39 is 0 Å². The predicted octanol–water partition coefficient (Wildman–Crippen LogP) is 5.21. The summed E-state index contributed by atoms with van der Waals surface area (Å²) in [5.74, 6) is 1.60. The van der Waals surface area contributed by atoms with Gasteiger partial charge in [0.25, 0.3) is 0 Å². The van der Waals surface area contributed by atoms with Gasteiger partial charge in [0.1, 0.15) is 0 Å². The maximum atomic E-state index is 12.7. The maximum absolute atomic E-state index is 12.7. The van der Waals surface area contributed by atoms with Crippen LogP contribution in [0.3, 0.4) is 0 Å². The zero-order valence-corrected chi connectivity index (χ0v) is 17.3. The summed E-state index contributed by atoms with van der Waals surface area (Å²) in [5, 5.41) is 7.03. The maximum Gasteiger partial charge on any atom is 0.230 e. The first-order chi connectivity index (χ1) is 15.2. The Morgan fingerprint density at radius 2 is 1.61 bits per heavy atom. The molecule has 6 heteroatoms. The fraction of sp³-hybridized carbons (Fsp3) is 0.120. The van der Waals surface area contributed by atoms with Crippen LogP contribution in [-0.2, 0) is 11.2 Å². The van der Waals surface area contributed by atoms with Crippen LogP contribution in [0.15, 0.2) is 83.4 Å². The lowest BCUT2D eigenvalue weighted by Crippen LogP contribution is -2.15. The Morgan fingerprint density at radius 1 is 0.871 bits per heavy atom. The molecule has 1 heterocycles. The van der Waals surface area contributed by atoms with Gasteiger partial charge in [0.2, 0.25) is 5.91 Å². The van der Waals surface area contributed by atoms with Crippen molar-refractivity contribution in [2.75, 3.05) is 19.5 Å². The smallest absolute Gasteiger partial charge is 0.230 e. The van der Waals surface area contributed by atoms with E-state index in [0.29, 0.717) is 23.0 Å². The highest BCUT2D eigenvalue weighted by Crippen LogP contribution is 2.32. The average molecular weight is 414 g/mol. The van der Waals surface area contributed by atoms with Gasteiger partial charge in [-0.3, -0.25) is 4.79 Å². The zero-order chi connectivity index (χ0) is 21.6. The number of aromatic nitrogens is 1. The van der Waals surface area contributed by atoms with E-state index in [0.717, 1.165) is 22.4 Å². The highest BCUT2D eigenvalue weighted by Gasteiger charge is 2.14. The summed E-state index contributed by atoms with van der Waals surface area (Å²) in [4.78, 5) is 12.7. The van der Waals surface area contributed by atoms with Gasteiger partial charge in [0, 0.05) is 22.9 Å². The molecule has 1 N–H and O–H groups in total. The first-order valence-electron chi connectivity index (χ1n) is 9.80. The molecular weight excluding hydrogens is 392 g/mol. The van der Waals surface area contributed by atoms with Crippen LogP contribution < -0.4 is 14.8 Å². The second kappa shape index (κ2) is 9.17. The van der Waals surface area contributed by atoms with Gasteiger partial charge in [0.15, 0.2) is 17.3 Å². The van der Waals surface area contributed by atoms with Crippen LogP contribution in [0.2, 0.25) is 0 Å². The average Bonchev–Trinajstić information content (AvgIpc) is 3.27. The summed E-state index contributed by atoms with van der Waals surface area (Å²) in [6.45, 7) is 0. The number of rotatable bonds is 7. The van der Waals surface area contributed by atoms with Gasteiger partial charge in [-0.2, -0.15) is 0 Å². The van der Waals surface area contributed by atoms with Gasteiger partial charge in [-0.1, -0.05) is 53.7 Å². The molecule has 0 aliphatic carbocycles. The molecule has 0 unspecified atom stereocenters. The molecule has 0 bridgehead atoms. The lowest BCUT2D eigenvalue weighted by molar-refractivity contribution is -0.115. The normalized spacial score (nSPS) is 10.5. The zero-order valence-electron chi connectivity index (χ0n) is 17.3. The number of amides is 1. The number of para-hydroxylation sites is 1. The minimum Gasteiger partial charge on any atom is -0.493 e. The van der Waals surface area contributed by atoms with Crippen molar-refractivity contribution in [1.29, 1.82) is 0 Å². The summed E-state index contributed by atoms with van der Waals surface area (Å²) < 4.78 is 16.0. The minimum absolute atomic E-state index is 0.0971. The van der Waals surface area contributed by atoms with Crippen LogP contribution in [0, 0.1) is 0 Å². The molecule has 0 spiro atoms. The molecule has 0 radical (unpaired) electrons. The van der Waals surface area contributed by atoms with Gasteiger partial charge in [-0.15, -0.1) is 0 Å². The number of nitrogens with zero attached hydrogens (tertiary/aromatic N) is 1. The Kier molecular flexibility index (Phi) is 5.98. The summed E-state index contributed by atoms with van der Waals surface area (Å²) in [7, 11) is 3.16. The van der Waals surface area contributed by atoms with Crippen molar-refractivity contribution in [3.63, 3.8) is 0 Å². The van der Waals surface area contributed by atoms with Crippen molar-refractivity contribution in [2.45, 2.75) is 6.42 Å². The molecule has 0 saturated heterocycles. The topological polar surface area (TPSA) is 73.6 Å². The molecule has 0 aliphatic heterocycles. The monoisotopic (exact) mass is 414 g/mol. The van der Waals surface area contributed by atoms with Crippen molar-refractivity contribution in [3.05, 3.63) is 84.6 Å². The van der Waals surface area contributed by atoms with E-state index >= 15 is 0 Å². The standard InChI is InChI=1S/C25H22N2O4/c1-29-22-13-12-18(14-24(22)30-2)23-15-19(27-31-23)16-25(28)26-21-11-7-6-10-20(21)17-8-4-3-5-9-17/h3-15H,16H2,1-2H3,(H,26,28). The number of carbonyl (C=O) groups is 1. The quantitative estimate of drug-likeness (QED) is 0.450. The Bertz CT molecular complexity index is 1190. The fourth-order valence-electron chi connectivity index (χ4n) is 3.34. The molecule has 3 aromatic carbocycles. The van der Waals surface area contributed by atoms with E-state index in [2.05, 4.69) is 10.5 Å². The lowest BCUT2D eigenvalue weighted by Gasteiger charge is -2.10. The summed E-state index contributed by atoms with van der Waals surface area (Å²) >= 11 is 0. The molecule has 0 aliphatic rings. The molecule has 31 heavy (non-hydrogen) atoms. The second-order valence-electron chi connectivity index (χ2n) is 6.89. The van der Waals surface area contributed by atoms with E-state index in [1.54, 1.807) is 32.4 Å². The van der Waals surface area contributed by atoms with Gasteiger partial charge in [-0.05, 0) is 29.8 Å². The van der Waals surface area contributed by atoms with Crippen LogP contribution in [0.1, 0.15) is 5.69 Å². The van der Waals surface area contributed by atoms with Gasteiger partial charge in [0.05, 0.1) is 26.3 Å². The third kappa shape index (κ3) is 4.59. The van der Waals surface area contributed by atoms with Crippen molar-refractivity contribution < 1.29 is 18.8 Å². The van der Waals surface area contributed by atoms with E-state index in [-0.39, 0.29) is 12.3 Å². The third-order valence-corrected chi connectivity index (χ3v) is 4.85. The number of nitrogens with one attached hydrogen (secondary N) is 1. The van der Waals surface area contributed by atoms with E-state index in [1.807, 2.05) is 60.7 Å². The van der Waals surface area contributed by atoms with Crippen LogP contribution in [0.4, 0.5) is 5.69 Å². The summed E-state index contributed by atoms with van der Waals surface area (Å²) in [6.07, 6.45) is 0.0971. The molecular formula is C25H22N2O4. The number of hydrogen-bond acceptors (Lipinski definition) is 5. The van der Waals surface area contributed by atoms with E-state index in [4.69, 9.17) is 14.0 Å². The first-order valence-corrected chi connectivity index (χ1v) is 9.80. The van der Waals surface area contributed by atoms with Gasteiger partial charge < -0.3 is 19.3 Å². The fourth-order valence-corrected chi connectivity index (χ4v) is 3.34. The largest absolute Gasteiger partial charge is 0.493 e. The molecule has 0 saturated carbocycles. The van der Waals surface area contributed by atoms with Crippen molar-refractivity contribution in [3.8, 4) is 33.9 Å². The lowest BCUT2D eigenvalue weighted by atomic mass is 10.0. The molecule has 6 nitrogen and oxygen atoms in total. The Morgan fingerprint density at radius 3 is 2.39 bits per heavy atom. The first kappa shape index (κ1) is 20.2. The van der Waals surface area contributed by atoms with Crippen molar-refractivity contribution in [2.24, 2.45) is 0 Å². The second-order valence-corrected chi connectivity index (χ2v) is 6.89. The van der Waals surface area contributed by atoms with Crippen LogP contribution in [0.5, 0.6) is 11.5 Å². The number of benzene rings is 3. The predicted molar refractivity (Wildman–Crippen MR) is 119 cm³/mol. The third-order valence-electron chi connectivity index (χ3n) is 4.85. The molecule has 0 fully saturated rings. The highest BCUT2D eigenvalue weighted by atomic mass is 16.5. The van der Waals surface area contributed by atoms with Crippen LogP contribution in [-0.4, -0.2) is 25.3 Å². The number of hydrogen-bond donors (Lipinski definition) is 1. The van der Waals surface area contributed by atoms with Crippen LogP contribution in [0.25, 0.3) is 22.5 Å². The molecule has 0 atom stereocenters. The Balaban J connectivity index is 1.49. The summed E-state index contributed by atoms with van der Waals surface area (Å²) in [5.41, 5.74) is 4.08. The molecule has 4 rings (SSSR count). The molecule has 4 aromatic rings. The van der Waals surface area contributed by atoms with Gasteiger partial charge in [-0.25, -0.2) is 0 Å². The number of anilines is 1. The van der Waals surface area contributed by atoms with Crippen molar-refractivity contribution in [1.82, 2.24) is 5.16 Å². The minimum atomic E-state index is -0.171. The van der Waals surface area contributed by atoms with E-state index in [9.17, 15) is 4.79 Å². The highest BCUT2D eigenvalue weighted by molar-refractivity contribution is 5.96. The molecule has 156 valence electrons. The summed E-state index contributed by atoms with van der Waals surface area (Å²) in [6, 6.07) is 24.8. The number of methoxy groups -OCH3 is 2. The Hall–Kier alpha value is -4.06. The Labute approximate surface area is 180 Å². The van der Waals surface area contributed by atoms with Crippen molar-refractivity contribution >= 4 is 11.6 Å². The van der Waals surface area contributed by atoms with Crippen LogP contribution >= 0.6 is 0 Å². The molecule has 1 aromatic heterocycles. The molecule has 1 amide bonds.